The number of benzene rings is 2. The van der Waals surface area contributed by atoms with Crippen LogP contribution in [0.25, 0.3) is 0 Å². The lowest BCUT2D eigenvalue weighted by atomic mass is 10.2. The summed E-state index contributed by atoms with van der Waals surface area (Å²) >= 11 is 6.19. The van der Waals surface area contributed by atoms with Crippen molar-refractivity contribution in [1.29, 1.82) is 0 Å². The highest BCUT2D eigenvalue weighted by Gasteiger charge is 2.28. The van der Waals surface area contributed by atoms with Gasteiger partial charge in [-0.05, 0) is 43.3 Å². The summed E-state index contributed by atoms with van der Waals surface area (Å²) in [5, 5.41) is 14.1. The number of sulfonamides is 2. The molecule has 14 heteroatoms. The maximum Gasteiger partial charge on any atom is 0.278 e. The first-order valence-electron chi connectivity index (χ1n) is 9.52. The fraction of sp³-hybridized carbons (Fsp3) is 0.333. The Morgan fingerprint density at radius 2 is 1.78 bits per heavy atom. The van der Waals surface area contributed by atoms with Gasteiger partial charge in [-0.15, -0.1) is 0 Å². The van der Waals surface area contributed by atoms with E-state index >= 15 is 0 Å². The van der Waals surface area contributed by atoms with Crippen LogP contribution in [-0.2, 0) is 20.0 Å². The monoisotopic (exact) mass is 503 g/mol. The van der Waals surface area contributed by atoms with Gasteiger partial charge in [-0.3, -0.25) is 14.8 Å². The lowest BCUT2D eigenvalue weighted by molar-refractivity contribution is -0.384. The van der Waals surface area contributed by atoms with E-state index in [0.29, 0.717) is 16.1 Å². The Morgan fingerprint density at radius 3 is 2.41 bits per heavy atom. The molecule has 3 rings (SSSR count). The number of nitro groups is 1. The summed E-state index contributed by atoms with van der Waals surface area (Å²) in [5.41, 5.74) is 0.317. The second-order valence-corrected chi connectivity index (χ2v) is 11.2. The van der Waals surface area contributed by atoms with Gasteiger partial charge >= 0.3 is 0 Å². The molecule has 0 atom stereocenters. The molecule has 0 unspecified atom stereocenters. The number of hydrogen-bond donors (Lipinski definition) is 2. The topological polar surface area (TPSA) is 142 Å². The summed E-state index contributed by atoms with van der Waals surface area (Å²) in [5.74, 6) is 0. The Kier molecular flexibility index (Phi) is 7.12. The summed E-state index contributed by atoms with van der Waals surface area (Å²) in [6.07, 6.45) is 1.84. The van der Waals surface area contributed by atoms with E-state index in [2.05, 4.69) is 14.9 Å². The van der Waals surface area contributed by atoms with Gasteiger partial charge in [0.1, 0.15) is 0 Å². The van der Waals surface area contributed by atoms with Crippen molar-refractivity contribution >= 4 is 54.6 Å². The highest BCUT2D eigenvalue weighted by Crippen LogP contribution is 2.36. The van der Waals surface area contributed by atoms with Crippen LogP contribution in [0.1, 0.15) is 6.42 Å². The van der Waals surface area contributed by atoms with Gasteiger partial charge in [-0.1, -0.05) is 0 Å². The fourth-order valence-electron chi connectivity index (χ4n) is 3.22. The predicted octanol–water partition coefficient (Wildman–Crippen LogP) is 2.12. The number of anilines is 3. The van der Waals surface area contributed by atoms with Crippen molar-refractivity contribution in [1.82, 2.24) is 5.32 Å². The van der Waals surface area contributed by atoms with E-state index in [0.717, 1.165) is 56.6 Å². The van der Waals surface area contributed by atoms with Gasteiger partial charge in [0, 0.05) is 49.2 Å². The minimum absolute atomic E-state index is 0.0114. The van der Waals surface area contributed by atoms with Gasteiger partial charge in [-0.2, -0.15) is 12.2 Å². The summed E-state index contributed by atoms with van der Waals surface area (Å²) in [7, 11) is -8.09. The Hall–Kier alpha value is -2.61. The molecule has 1 aliphatic rings. The lowest BCUT2D eigenvalue weighted by Gasteiger charge is -2.25. The van der Waals surface area contributed by atoms with Crippen LogP contribution in [0.3, 0.4) is 0 Å². The predicted molar refractivity (Wildman–Crippen MR) is 123 cm³/mol. The second kappa shape index (κ2) is 9.48. The molecule has 174 valence electrons. The van der Waals surface area contributed by atoms with Crippen LogP contribution >= 0.6 is 11.8 Å². The molecule has 0 amide bonds. The van der Waals surface area contributed by atoms with E-state index < -0.39 is 25.0 Å². The Bertz CT molecular complexity index is 1200. The van der Waals surface area contributed by atoms with Gasteiger partial charge in [0.25, 0.3) is 15.7 Å². The molecule has 2 N–H and O–H groups in total. The zero-order chi connectivity index (χ0) is 23.5. The third kappa shape index (κ3) is 5.59. The first-order chi connectivity index (χ1) is 15.0. The van der Waals surface area contributed by atoms with E-state index in [9.17, 15) is 26.9 Å². The number of rotatable bonds is 7. The number of nitro benzene ring substituents is 1. The van der Waals surface area contributed by atoms with Crippen LogP contribution in [0.5, 0.6) is 0 Å². The molecule has 0 saturated carbocycles. The molecule has 0 bridgehead atoms. The zero-order valence-corrected chi connectivity index (χ0v) is 19.5. The quantitative estimate of drug-likeness (QED) is 0.332. The van der Waals surface area contributed by atoms with Crippen molar-refractivity contribution in [2.75, 3.05) is 45.9 Å². The van der Waals surface area contributed by atoms with Gasteiger partial charge in [-0.25, -0.2) is 8.42 Å². The number of nitrogens with zero attached hydrogens (tertiary/aromatic N) is 3. The van der Waals surface area contributed by atoms with E-state index in [1.165, 1.54) is 12.1 Å². The highest BCUT2D eigenvalue weighted by atomic mass is 35.5. The van der Waals surface area contributed by atoms with Crippen LogP contribution in [0.2, 0.25) is 0 Å². The largest absolute Gasteiger partial charge is 0.370 e. The molecule has 1 saturated heterocycles. The van der Waals surface area contributed by atoms with Crippen LogP contribution < -0.4 is 18.8 Å². The number of non-ortho nitro benzene ring substituents is 1. The van der Waals surface area contributed by atoms with Crippen molar-refractivity contribution < 1.29 is 21.8 Å². The molecule has 0 spiro atoms. The Morgan fingerprint density at radius 1 is 1.09 bits per heavy atom. The molecule has 2 aromatic carbocycles. The van der Waals surface area contributed by atoms with E-state index in [1.807, 2.05) is 0 Å². The van der Waals surface area contributed by atoms with Gasteiger partial charge in [0.05, 0.1) is 27.4 Å². The van der Waals surface area contributed by atoms with E-state index in [4.69, 9.17) is 11.8 Å². The standard InChI is InChI=1S/C18H22ClN5O6S2/c1-31(27,28)21-17-13-15(22-11-2-9-20-10-12-22)5-8-18(17)23(19)32(29,30)16-6-3-14(4-7-16)24(25)26/h3-8,13,20-21H,2,9-12H2,1H3. The Balaban J connectivity index is 2.01. The van der Waals surface area contributed by atoms with E-state index in [-0.39, 0.29) is 22.0 Å². The SMILES string of the molecule is CS(=O)(=O)Nc1cc(N2CCCNCC2)ccc1N(Cl)S(=O)(=O)c1ccc([N+](=O)[O-])cc1. The molecule has 0 radical (unpaired) electrons. The molecule has 32 heavy (non-hydrogen) atoms. The number of halogens is 1. The average molecular weight is 504 g/mol. The van der Waals surface area contributed by atoms with Crippen LogP contribution in [0, 0.1) is 10.1 Å². The van der Waals surface area contributed by atoms with Crippen molar-refractivity contribution in [2.24, 2.45) is 0 Å². The smallest absolute Gasteiger partial charge is 0.278 e. The normalized spacial score (nSPS) is 15.1. The average Bonchev–Trinajstić information content (AvgIpc) is 3.01. The highest BCUT2D eigenvalue weighted by molar-refractivity contribution is 7.94. The zero-order valence-electron chi connectivity index (χ0n) is 17.1. The first kappa shape index (κ1) is 24.0. The number of nitrogens with one attached hydrogen (secondary N) is 2. The molecule has 2 aromatic rings. The third-order valence-electron chi connectivity index (χ3n) is 4.73. The van der Waals surface area contributed by atoms with Crippen molar-refractivity contribution in [3.05, 3.63) is 52.6 Å². The molecule has 11 nitrogen and oxygen atoms in total. The van der Waals surface area contributed by atoms with Crippen LogP contribution in [-0.4, -0.2) is 54.2 Å². The summed E-state index contributed by atoms with van der Waals surface area (Å²) in [4.78, 5) is 11.9. The summed E-state index contributed by atoms with van der Waals surface area (Å²) in [6, 6.07) is 8.82. The molecule has 0 aromatic heterocycles. The van der Waals surface area contributed by atoms with Gasteiger partial charge < -0.3 is 10.2 Å². The summed E-state index contributed by atoms with van der Waals surface area (Å²) in [6.45, 7) is 3.07. The van der Waals surface area contributed by atoms with Gasteiger partial charge in [0.2, 0.25) is 10.0 Å². The Labute approximate surface area is 191 Å². The third-order valence-corrected chi connectivity index (χ3v) is 7.53. The van der Waals surface area contributed by atoms with Gasteiger partial charge in [0.15, 0.2) is 0 Å². The first-order valence-corrected chi connectivity index (χ1v) is 13.2. The van der Waals surface area contributed by atoms with Crippen LogP contribution in [0.4, 0.5) is 22.7 Å². The second-order valence-electron chi connectivity index (χ2n) is 7.14. The minimum Gasteiger partial charge on any atom is -0.370 e. The van der Waals surface area contributed by atoms with E-state index in [1.54, 1.807) is 6.07 Å². The minimum atomic E-state index is -4.34. The molecule has 1 heterocycles. The summed E-state index contributed by atoms with van der Waals surface area (Å²) < 4.78 is 52.6. The maximum absolute atomic E-state index is 13.0. The molecule has 1 fully saturated rings. The molecular weight excluding hydrogens is 482 g/mol. The molecule has 1 aliphatic heterocycles. The fourth-order valence-corrected chi connectivity index (χ4v) is 5.25. The van der Waals surface area contributed by atoms with Crippen molar-refractivity contribution in [3.8, 4) is 0 Å². The lowest BCUT2D eigenvalue weighted by Crippen LogP contribution is -2.28. The maximum atomic E-state index is 13.0. The van der Waals surface area contributed by atoms with Crippen molar-refractivity contribution in [2.45, 2.75) is 11.3 Å². The molecule has 0 aliphatic carbocycles. The van der Waals surface area contributed by atoms with Crippen LogP contribution in [0.15, 0.2) is 47.4 Å². The van der Waals surface area contributed by atoms with Crippen molar-refractivity contribution in [3.63, 3.8) is 0 Å². The molecular formula is C18H22ClN5O6S2. The number of hydrogen-bond acceptors (Lipinski definition) is 8.